The Morgan fingerprint density at radius 2 is 2.08 bits per heavy atom. The summed E-state index contributed by atoms with van der Waals surface area (Å²) in [6, 6.07) is 5.62. The average molecular weight is 365 g/mol. The van der Waals surface area contributed by atoms with Gasteiger partial charge in [-0.15, -0.1) is 0 Å². The number of sulfonamides is 1. The molecule has 3 rings (SSSR count). The SMILES string of the molecule is COC(=O)c1ccc2oc(=O)c(S(=O)(=O)N3CCC[C@H](C)C3)cc2c1. The molecular formula is C17H19NO6S. The normalized spacial score (nSPS) is 19.0. The first kappa shape index (κ1) is 17.6. The fraction of sp³-hybridized carbons (Fsp3) is 0.412. The molecule has 1 aromatic carbocycles. The zero-order valence-electron chi connectivity index (χ0n) is 14.0. The second-order valence-corrected chi connectivity index (χ2v) is 8.16. The molecule has 2 heterocycles. The van der Waals surface area contributed by atoms with Crippen LogP contribution in [0.25, 0.3) is 11.0 Å². The van der Waals surface area contributed by atoms with Crippen molar-refractivity contribution < 1.29 is 22.4 Å². The summed E-state index contributed by atoms with van der Waals surface area (Å²) in [7, 11) is -2.69. The van der Waals surface area contributed by atoms with Crippen LogP contribution >= 0.6 is 0 Å². The van der Waals surface area contributed by atoms with Crippen molar-refractivity contribution >= 4 is 27.0 Å². The number of piperidine rings is 1. The van der Waals surface area contributed by atoms with Gasteiger partial charge in [0.25, 0.3) is 0 Å². The Morgan fingerprint density at radius 1 is 1.32 bits per heavy atom. The van der Waals surface area contributed by atoms with Gasteiger partial charge in [-0.25, -0.2) is 18.0 Å². The second kappa shape index (κ2) is 6.61. The minimum atomic E-state index is -3.94. The summed E-state index contributed by atoms with van der Waals surface area (Å²) in [6.07, 6.45) is 1.71. The largest absolute Gasteiger partial charge is 0.465 e. The van der Waals surface area contributed by atoms with Crippen LogP contribution in [0.15, 0.2) is 38.4 Å². The van der Waals surface area contributed by atoms with Crippen LogP contribution in [-0.4, -0.2) is 38.9 Å². The van der Waals surface area contributed by atoms with Crippen molar-refractivity contribution in [1.82, 2.24) is 4.31 Å². The summed E-state index contributed by atoms with van der Waals surface area (Å²) in [4.78, 5) is 23.5. The smallest absolute Gasteiger partial charge is 0.356 e. The predicted octanol–water partition coefficient (Wildman–Crippen LogP) is 2.00. The van der Waals surface area contributed by atoms with Crippen LogP contribution < -0.4 is 5.63 Å². The van der Waals surface area contributed by atoms with E-state index >= 15 is 0 Å². The Morgan fingerprint density at radius 3 is 2.76 bits per heavy atom. The number of carbonyl (C=O) groups excluding carboxylic acids is 1. The molecule has 1 atom stereocenters. The van der Waals surface area contributed by atoms with Crippen molar-refractivity contribution in [2.45, 2.75) is 24.7 Å². The molecule has 0 N–H and O–H groups in total. The highest BCUT2D eigenvalue weighted by Crippen LogP contribution is 2.24. The lowest BCUT2D eigenvalue weighted by atomic mass is 10.0. The van der Waals surface area contributed by atoms with Crippen LogP contribution in [0.1, 0.15) is 30.1 Å². The first-order valence-electron chi connectivity index (χ1n) is 7.99. The Kier molecular flexibility index (Phi) is 4.66. The highest BCUT2D eigenvalue weighted by Gasteiger charge is 2.31. The summed E-state index contributed by atoms with van der Waals surface area (Å²) in [6.45, 7) is 2.74. The molecule has 1 saturated heterocycles. The van der Waals surface area contributed by atoms with Crippen molar-refractivity contribution in [2.75, 3.05) is 20.2 Å². The van der Waals surface area contributed by atoms with Gasteiger partial charge < -0.3 is 9.15 Å². The number of ether oxygens (including phenoxy) is 1. The Labute approximate surface area is 145 Å². The van der Waals surface area contributed by atoms with Gasteiger partial charge in [-0.1, -0.05) is 6.92 Å². The standard InChI is InChI=1S/C17H19NO6S/c1-11-4-3-7-18(10-11)25(21,22)15-9-13-8-12(16(19)23-2)5-6-14(13)24-17(15)20/h5-6,8-9,11H,3-4,7,10H2,1-2H3/t11-/m0/s1. The lowest BCUT2D eigenvalue weighted by Crippen LogP contribution is -2.40. The molecule has 7 nitrogen and oxygen atoms in total. The van der Waals surface area contributed by atoms with Gasteiger partial charge in [-0.05, 0) is 43.0 Å². The van der Waals surface area contributed by atoms with Gasteiger partial charge in [0.05, 0.1) is 12.7 Å². The minimum Gasteiger partial charge on any atom is -0.465 e. The summed E-state index contributed by atoms with van der Waals surface area (Å²) >= 11 is 0. The number of nitrogens with zero attached hydrogens (tertiary/aromatic N) is 1. The van der Waals surface area contributed by atoms with E-state index in [2.05, 4.69) is 4.74 Å². The quantitative estimate of drug-likeness (QED) is 0.610. The third kappa shape index (κ3) is 3.32. The predicted molar refractivity (Wildman–Crippen MR) is 91.0 cm³/mol. The number of rotatable bonds is 3. The molecule has 0 amide bonds. The lowest BCUT2D eigenvalue weighted by Gasteiger charge is -2.29. The molecule has 1 aromatic heterocycles. The van der Waals surface area contributed by atoms with Crippen LogP contribution in [0.4, 0.5) is 0 Å². The van der Waals surface area contributed by atoms with Crippen molar-refractivity contribution in [3.63, 3.8) is 0 Å². The highest BCUT2D eigenvalue weighted by atomic mass is 32.2. The maximum atomic E-state index is 12.8. The van der Waals surface area contributed by atoms with Gasteiger partial charge >= 0.3 is 11.6 Å². The molecular weight excluding hydrogens is 346 g/mol. The molecule has 0 saturated carbocycles. The van der Waals surface area contributed by atoms with Crippen LogP contribution in [0, 0.1) is 5.92 Å². The summed E-state index contributed by atoms with van der Waals surface area (Å²) in [5.74, 6) is -0.315. The fourth-order valence-electron chi connectivity index (χ4n) is 3.03. The highest BCUT2D eigenvalue weighted by molar-refractivity contribution is 7.89. The van der Waals surface area contributed by atoms with Gasteiger partial charge in [0.2, 0.25) is 10.0 Å². The minimum absolute atomic E-state index is 0.212. The molecule has 0 unspecified atom stereocenters. The summed E-state index contributed by atoms with van der Waals surface area (Å²) in [5.41, 5.74) is -0.445. The molecule has 1 aliphatic rings. The number of carbonyl (C=O) groups is 1. The van der Waals surface area contributed by atoms with E-state index in [0.717, 1.165) is 12.8 Å². The fourth-order valence-corrected chi connectivity index (χ4v) is 4.66. The van der Waals surface area contributed by atoms with Gasteiger partial charge in [0, 0.05) is 18.5 Å². The van der Waals surface area contributed by atoms with Crippen LogP contribution in [0.5, 0.6) is 0 Å². The van der Waals surface area contributed by atoms with Gasteiger partial charge in [0.1, 0.15) is 5.58 Å². The van der Waals surface area contributed by atoms with E-state index in [9.17, 15) is 18.0 Å². The van der Waals surface area contributed by atoms with Gasteiger partial charge in [-0.2, -0.15) is 4.31 Å². The van der Waals surface area contributed by atoms with E-state index in [4.69, 9.17) is 4.42 Å². The van der Waals surface area contributed by atoms with E-state index in [1.54, 1.807) is 0 Å². The Bertz CT molecular complexity index is 978. The Hall–Kier alpha value is -2.19. The molecule has 8 heteroatoms. The number of benzene rings is 1. The van der Waals surface area contributed by atoms with Crippen molar-refractivity contribution in [3.05, 3.63) is 40.2 Å². The molecule has 1 fully saturated rings. The van der Waals surface area contributed by atoms with Crippen molar-refractivity contribution in [2.24, 2.45) is 5.92 Å². The molecule has 25 heavy (non-hydrogen) atoms. The summed E-state index contributed by atoms with van der Waals surface area (Å²) < 4.78 is 36.8. The van der Waals surface area contributed by atoms with E-state index in [1.165, 1.54) is 35.7 Å². The molecule has 0 bridgehead atoms. The lowest BCUT2D eigenvalue weighted by molar-refractivity contribution is 0.0601. The second-order valence-electron chi connectivity index (χ2n) is 6.25. The molecule has 2 aromatic rings. The number of hydrogen-bond donors (Lipinski definition) is 0. The van der Waals surface area contributed by atoms with E-state index in [-0.39, 0.29) is 17.1 Å². The van der Waals surface area contributed by atoms with Gasteiger partial charge in [-0.3, -0.25) is 0 Å². The topological polar surface area (TPSA) is 93.9 Å². The van der Waals surface area contributed by atoms with Crippen LogP contribution in [0.2, 0.25) is 0 Å². The number of fused-ring (bicyclic) bond motifs is 1. The zero-order valence-corrected chi connectivity index (χ0v) is 14.8. The molecule has 1 aliphatic heterocycles. The third-order valence-corrected chi connectivity index (χ3v) is 6.21. The Balaban J connectivity index is 2.10. The van der Waals surface area contributed by atoms with Crippen LogP contribution in [-0.2, 0) is 14.8 Å². The average Bonchev–Trinajstić information content (AvgIpc) is 2.60. The van der Waals surface area contributed by atoms with Crippen molar-refractivity contribution in [3.8, 4) is 0 Å². The first-order valence-corrected chi connectivity index (χ1v) is 9.43. The number of esters is 1. The maximum Gasteiger partial charge on any atom is 0.356 e. The number of hydrogen-bond acceptors (Lipinski definition) is 6. The monoisotopic (exact) mass is 365 g/mol. The molecule has 0 spiro atoms. The number of methoxy groups -OCH3 is 1. The first-order chi connectivity index (χ1) is 11.8. The molecule has 0 aliphatic carbocycles. The van der Waals surface area contributed by atoms with Gasteiger partial charge in [0.15, 0.2) is 4.90 Å². The third-order valence-electron chi connectivity index (χ3n) is 4.36. The summed E-state index contributed by atoms with van der Waals surface area (Å²) in [5, 5.41) is 0.353. The van der Waals surface area contributed by atoms with E-state index < -0.39 is 26.5 Å². The molecule has 134 valence electrons. The van der Waals surface area contributed by atoms with E-state index in [0.29, 0.717) is 18.5 Å². The molecule has 0 radical (unpaired) electrons. The zero-order chi connectivity index (χ0) is 18.2. The van der Waals surface area contributed by atoms with E-state index in [1.807, 2.05) is 6.92 Å². The van der Waals surface area contributed by atoms with Crippen molar-refractivity contribution in [1.29, 1.82) is 0 Å². The van der Waals surface area contributed by atoms with Crippen LogP contribution in [0.3, 0.4) is 0 Å². The maximum absolute atomic E-state index is 12.8.